The van der Waals surface area contributed by atoms with Crippen molar-refractivity contribution in [1.82, 2.24) is 0 Å². The summed E-state index contributed by atoms with van der Waals surface area (Å²) in [6.07, 6.45) is 0. The monoisotopic (exact) mass is 207 g/mol. The van der Waals surface area contributed by atoms with Crippen molar-refractivity contribution in [1.29, 1.82) is 0 Å². The molecule has 0 atom stereocenters. The standard InChI is InChI=1S/C10H9NO4/c1-11(9(13)10(14)15)7-5-3-2-4-6-8(7)12/h2-6H,1H3,(H,14,15). The molecule has 5 heteroatoms. The first-order valence-electron chi connectivity index (χ1n) is 4.14. The maximum atomic E-state index is 11.4. The van der Waals surface area contributed by atoms with Gasteiger partial charge in [-0.15, -0.1) is 0 Å². The number of amides is 1. The molecule has 0 unspecified atom stereocenters. The van der Waals surface area contributed by atoms with Crippen LogP contribution in [0.3, 0.4) is 0 Å². The summed E-state index contributed by atoms with van der Waals surface area (Å²) >= 11 is 0. The van der Waals surface area contributed by atoms with Crippen molar-refractivity contribution in [2.45, 2.75) is 0 Å². The van der Waals surface area contributed by atoms with Gasteiger partial charge in [0, 0.05) is 7.05 Å². The van der Waals surface area contributed by atoms with E-state index in [0.717, 1.165) is 4.90 Å². The summed E-state index contributed by atoms with van der Waals surface area (Å²) in [6, 6.07) is 7.35. The van der Waals surface area contributed by atoms with E-state index < -0.39 is 17.3 Å². The number of carboxylic acid groups (broad SMARTS) is 1. The predicted octanol–water partition coefficient (Wildman–Crippen LogP) is 0.0942. The van der Waals surface area contributed by atoms with Gasteiger partial charge in [0.15, 0.2) is 0 Å². The highest BCUT2D eigenvalue weighted by molar-refractivity contribution is 6.37. The summed E-state index contributed by atoms with van der Waals surface area (Å²) in [5.41, 5.74) is -0.371. The number of likely N-dealkylation sites (N-methyl/N-ethyl adjacent to an activating group) is 1. The number of nitrogens with zero attached hydrogens (tertiary/aromatic N) is 1. The maximum absolute atomic E-state index is 11.4. The SMILES string of the molecule is CN(C(=O)C(=O)O)c1cccccc1=O. The molecule has 78 valence electrons. The van der Waals surface area contributed by atoms with E-state index in [1.54, 1.807) is 12.1 Å². The Labute approximate surface area is 85.6 Å². The first-order valence-corrected chi connectivity index (χ1v) is 4.14. The van der Waals surface area contributed by atoms with Gasteiger partial charge in [0.2, 0.25) is 5.43 Å². The second-order valence-electron chi connectivity index (χ2n) is 2.83. The van der Waals surface area contributed by atoms with Crippen molar-refractivity contribution in [2.24, 2.45) is 0 Å². The molecule has 1 amide bonds. The number of anilines is 1. The lowest BCUT2D eigenvalue weighted by molar-refractivity contribution is -0.148. The molecule has 0 aromatic heterocycles. The van der Waals surface area contributed by atoms with Crippen LogP contribution in [0.2, 0.25) is 0 Å². The van der Waals surface area contributed by atoms with Gasteiger partial charge in [-0.25, -0.2) is 4.79 Å². The highest BCUT2D eigenvalue weighted by Crippen LogP contribution is 2.04. The van der Waals surface area contributed by atoms with Gasteiger partial charge in [-0.1, -0.05) is 18.2 Å². The minimum Gasteiger partial charge on any atom is -0.474 e. The summed E-state index contributed by atoms with van der Waals surface area (Å²) in [4.78, 5) is 33.7. The highest BCUT2D eigenvalue weighted by Gasteiger charge is 2.19. The van der Waals surface area contributed by atoms with Crippen LogP contribution in [0.5, 0.6) is 0 Å². The average Bonchev–Trinajstić information content (AvgIpc) is 2.40. The highest BCUT2D eigenvalue weighted by atomic mass is 16.4. The Morgan fingerprint density at radius 3 is 2.40 bits per heavy atom. The number of carbonyl (C=O) groups is 2. The second-order valence-corrected chi connectivity index (χ2v) is 2.83. The molecule has 1 N–H and O–H groups in total. The third-order valence-corrected chi connectivity index (χ3v) is 1.83. The lowest BCUT2D eigenvalue weighted by atomic mass is 10.3. The van der Waals surface area contributed by atoms with Crippen LogP contribution in [0.1, 0.15) is 0 Å². The molecule has 1 aromatic carbocycles. The number of aliphatic carboxylic acids is 1. The zero-order chi connectivity index (χ0) is 11.4. The zero-order valence-corrected chi connectivity index (χ0v) is 8.01. The molecule has 1 rings (SSSR count). The Kier molecular flexibility index (Phi) is 3.17. The van der Waals surface area contributed by atoms with Gasteiger partial charge in [-0.2, -0.15) is 0 Å². The van der Waals surface area contributed by atoms with E-state index in [2.05, 4.69) is 0 Å². The van der Waals surface area contributed by atoms with Gasteiger partial charge in [-0.05, 0) is 12.1 Å². The number of hydrogen-bond donors (Lipinski definition) is 1. The summed E-state index contributed by atoms with van der Waals surface area (Å²) in [6.45, 7) is 0. The van der Waals surface area contributed by atoms with E-state index in [1.165, 1.54) is 25.2 Å². The van der Waals surface area contributed by atoms with Crippen LogP contribution in [0.15, 0.2) is 35.1 Å². The third kappa shape index (κ3) is 2.40. The quantitative estimate of drug-likeness (QED) is 0.662. The Morgan fingerprint density at radius 1 is 1.20 bits per heavy atom. The van der Waals surface area contributed by atoms with Crippen molar-refractivity contribution in [2.75, 3.05) is 11.9 Å². The van der Waals surface area contributed by atoms with Gasteiger partial charge in [0.05, 0.1) is 5.69 Å². The van der Waals surface area contributed by atoms with Gasteiger partial charge in [-0.3, -0.25) is 9.59 Å². The molecular weight excluding hydrogens is 198 g/mol. The summed E-state index contributed by atoms with van der Waals surface area (Å²) in [5.74, 6) is -2.73. The molecule has 0 saturated heterocycles. The largest absolute Gasteiger partial charge is 0.474 e. The van der Waals surface area contributed by atoms with Gasteiger partial charge >= 0.3 is 11.9 Å². The summed E-state index contributed by atoms with van der Waals surface area (Å²) in [5, 5.41) is 8.47. The van der Waals surface area contributed by atoms with E-state index in [9.17, 15) is 14.4 Å². The lowest BCUT2D eigenvalue weighted by Crippen LogP contribution is -2.35. The first kappa shape index (κ1) is 10.9. The second kappa shape index (κ2) is 4.36. The molecule has 0 aliphatic heterocycles. The first-order chi connectivity index (χ1) is 7.04. The fourth-order valence-corrected chi connectivity index (χ4v) is 1.05. The van der Waals surface area contributed by atoms with Crippen LogP contribution < -0.4 is 10.3 Å². The molecule has 0 radical (unpaired) electrons. The van der Waals surface area contributed by atoms with Crippen molar-refractivity contribution in [3.8, 4) is 0 Å². The molecule has 0 aliphatic rings. The van der Waals surface area contributed by atoms with Crippen molar-refractivity contribution in [3.63, 3.8) is 0 Å². The van der Waals surface area contributed by atoms with E-state index in [-0.39, 0.29) is 5.69 Å². The Balaban J connectivity index is 3.19. The summed E-state index contributed by atoms with van der Waals surface area (Å²) in [7, 11) is 1.24. The number of rotatable bonds is 1. The molecule has 1 aromatic rings. The van der Waals surface area contributed by atoms with Gasteiger partial charge < -0.3 is 10.0 Å². The zero-order valence-electron chi connectivity index (χ0n) is 8.01. The molecule has 15 heavy (non-hydrogen) atoms. The molecule has 0 bridgehead atoms. The van der Waals surface area contributed by atoms with E-state index in [0.29, 0.717) is 0 Å². The van der Waals surface area contributed by atoms with Crippen LogP contribution in [0, 0.1) is 0 Å². The molecule has 0 spiro atoms. The molecule has 0 saturated carbocycles. The third-order valence-electron chi connectivity index (χ3n) is 1.83. The van der Waals surface area contributed by atoms with Crippen LogP contribution in [-0.2, 0) is 9.59 Å². The molecule has 0 heterocycles. The topological polar surface area (TPSA) is 74.7 Å². The normalized spacial score (nSPS) is 9.40. The van der Waals surface area contributed by atoms with Crippen LogP contribution in [0.4, 0.5) is 5.69 Å². The van der Waals surface area contributed by atoms with E-state index in [1.807, 2.05) is 0 Å². The smallest absolute Gasteiger partial charge is 0.394 e. The van der Waals surface area contributed by atoms with Crippen molar-refractivity contribution >= 4 is 17.6 Å². The fourth-order valence-electron chi connectivity index (χ4n) is 1.05. The van der Waals surface area contributed by atoms with Gasteiger partial charge in [0.1, 0.15) is 0 Å². The minimum absolute atomic E-state index is 0.0346. The lowest BCUT2D eigenvalue weighted by Gasteiger charge is -2.11. The molecular formula is C10H9NO4. The van der Waals surface area contributed by atoms with Crippen LogP contribution >= 0.6 is 0 Å². The minimum atomic E-state index is -1.59. The van der Waals surface area contributed by atoms with Crippen molar-refractivity contribution < 1.29 is 14.7 Å². The Morgan fingerprint density at radius 2 is 1.80 bits per heavy atom. The number of carbonyl (C=O) groups excluding carboxylic acids is 1. The molecule has 0 aliphatic carbocycles. The molecule has 5 nitrogen and oxygen atoms in total. The fraction of sp³-hybridized carbons (Fsp3) is 0.100. The summed E-state index contributed by atoms with van der Waals surface area (Å²) < 4.78 is 0. The van der Waals surface area contributed by atoms with E-state index >= 15 is 0 Å². The van der Waals surface area contributed by atoms with Crippen LogP contribution in [0.25, 0.3) is 0 Å². The van der Waals surface area contributed by atoms with Crippen molar-refractivity contribution in [3.05, 3.63) is 40.6 Å². The average molecular weight is 207 g/mol. The number of hydrogen-bond acceptors (Lipinski definition) is 3. The Hall–Kier alpha value is -2.17. The van der Waals surface area contributed by atoms with Crippen LogP contribution in [-0.4, -0.2) is 24.0 Å². The molecule has 0 fully saturated rings. The predicted molar refractivity (Wildman–Crippen MR) is 53.8 cm³/mol. The number of carboxylic acids is 1. The van der Waals surface area contributed by atoms with E-state index in [4.69, 9.17) is 5.11 Å². The van der Waals surface area contributed by atoms with Gasteiger partial charge in [0.25, 0.3) is 0 Å². The Bertz CT molecular complexity index is 455. The maximum Gasteiger partial charge on any atom is 0.394 e.